The summed E-state index contributed by atoms with van der Waals surface area (Å²) < 4.78 is 19.1. The predicted molar refractivity (Wildman–Crippen MR) is 131 cm³/mol. The number of fused-ring (bicyclic) bond motifs is 3. The van der Waals surface area contributed by atoms with Crippen molar-refractivity contribution >= 4 is 5.97 Å². The Kier molecular flexibility index (Phi) is 8.38. The summed E-state index contributed by atoms with van der Waals surface area (Å²) in [5.74, 6) is 0.0140. The molecule has 8 heteroatoms. The number of aromatic nitrogens is 1. The number of methoxy groups -OCH3 is 2. The smallest absolute Gasteiger partial charge is 0.341 e. The van der Waals surface area contributed by atoms with E-state index in [1.807, 2.05) is 16.7 Å². The topological polar surface area (TPSA) is 113 Å². The lowest BCUT2D eigenvalue weighted by Crippen LogP contribution is -2.37. The molecule has 0 saturated heterocycles. The molecular formula is C26H36N2O6. The Labute approximate surface area is 200 Å². The summed E-state index contributed by atoms with van der Waals surface area (Å²) in [4.78, 5) is 24.3. The van der Waals surface area contributed by atoms with E-state index >= 15 is 0 Å². The number of ether oxygens (including phenoxy) is 3. The maximum Gasteiger partial charge on any atom is 0.341 e. The van der Waals surface area contributed by atoms with Gasteiger partial charge in [0.2, 0.25) is 0 Å². The molecule has 1 aliphatic heterocycles. The molecule has 1 atom stereocenters. The van der Waals surface area contributed by atoms with Gasteiger partial charge in [-0.2, -0.15) is 0 Å². The van der Waals surface area contributed by atoms with Crippen molar-refractivity contribution in [2.75, 3.05) is 34.0 Å². The first-order chi connectivity index (χ1) is 16.2. The van der Waals surface area contributed by atoms with E-state index in [2.05, 4.69) is 13.8 Å². The van der Waals surface area contributed by atoms with Gasteiger partial charge in [-0.3, -0.25) is 4.79 Å². The molecule has 186 valence electrons. The van der Waals surface area contributed by atoms with E-state index in [1.54, 1.807) is 14.2 Å². The molecule has 2 heterocycles. The van der Waals surface area contributed by atoms with Gasteiger partial charge in [0, 0.05) is 36.4 Å². The lowest BCUT2D eigenvalue weighted by molar-refractivity contribution is 0.0615. The van der Waals surface area contributed by atoms with Gasteiger partial charge in [0.25, 0.3) is 0 Å². The third kappa shape index (κ3) is 5.45. The van der Waals surface area contributed by atoms with Gasteiger partial charge in [0.1, 0.15) is 5.56 Å². The van der Waals surface area contributed by atoms with Crippen molar-refractivity contribution in [2.24, 2.45) is 11.1 Å². The van der Waals surface area contributed by atoms with Crippen LogP contribution in [-0.2, 0) is 11.2 Å². The van der Waals surface area contributed by atoms with E-state index < -0.39 is 11.4 Å². The zero-order valence-corrected chi connectivity index (χ0v) is 20.6. The van der Waals surface area contributed by atoms with Crippen molar-refractivity contribution < 1.29 is 24.1 Å². The van der Waals surface area contributed by atoms with Crippen LogP contribution in [0.15, 0.2) is 29.2 Å². The number of benzene rings is 1. The zero-order chi connectivity index (χ0) is 24.9. The van der Waals surface area contributed by atoms with Crippen LogP contribution >= 0.6 is 0 Å². The molecule has 3 rings (SSSR count). The highest BCUT2D eigenvalue weighted by Crippen LogP contribution is 2.46. The fourth-order valence-corrected chi connectivity index (χ4v) is 4.68. The van der Waals surface area contributed by atoms with Gasteiger partial charge >= 0.3 is 5.97 Å². The number of hydrogen-bond donors (Lipinski definition) is 2. The average molecular weight is 473 g/mol. The summed E-state index contributed by atoms with van der Waals surface area (Å²) >= 11 is 0. The van der Waals surface area contributed by atoms with E-state index in [0.717, 1.165) is 36.8 Å². The highest BCUT2D eigenvalue weighted by atomic mass is 16.5. The van der Waals surface area contributed by atoms with Gasteiger partial charge < -0.3 is 29.6 Å². The lowest BCUT2D eigenvalue weighted by atomic mass is 9.77. The van der Waals surface area contributed by atoms with Crippen LogP contribution in [0, 0.1) is 5.41 Å². The summed E-state index contributed by atoms with van der Waals surface area (Å²) in [5.41, 5.74) is 7.00. The molecule has 0 spiro atoms. The highest BCUT2D eigenvalue weighted by Gasteiger charge is 2.37. The van der Waals surface area contributed by atoms with Gasteiger partial charge in [-0.15, -0.1) is 0 Å². The third-order valence-electron chi connectivity index (χ3n) is 6.50. The predicted octanol–water partition coefficient (Wildman–Crippen LogP) is 3.89. The fraction of sp³-hybridized carbons (Fsp3) is 0.538. The number of carboxylic acids is 1. The van der Waals surface area contributed by atoms with Crippen LogP contribution in [0.4, 0.5) is 0 Å². The number of carbonyl (C=O) groups is 1. The summed E-state index contributed by atoms with van der Waals surface area (Å²) in [6.07, 6.45) is 6.19. The Bertz CT molecular complexity index is 1080. The molecule has 0 bridgehead atoms. The summed E-state index contributed by atoms with van der Waals surface area (Å²) in [7, 11) is 3.24. The number of carboxylic acid groups (broad SMARTS) is 1. The minimum atomic E-state index is -1.23. The van der Waals surface area contributed by atoms with Crippen molar-refractivity contribution in [2.45, 2.75) is 52.0 Å². The fourth-order valence-electron chi connectivity index (χ4n) is 4.68. The van der Waals surface area contributed by atoms with Gasteiger partial charge in [0.15, 0.2) is 16.9 Å². The van der Waals surface area contributed by atoms with Gasteiger partial charge in [-0.25, -0.2) is 4.79 Å². The Morgan fingerprint density at radius 2 is 1.88 bits per heavy atom. The first-order valence-electron chi connectivity index (χ1n) is 11.8. The van der Waals surface area contributed by atoms with Gasteiger partial charge in [0.05, 0.1) is 26.0 Å². The number of aromatic carboxylic acids is 1. The number of pyridine rings is 1. The van der Waals surface area contributed by atoms with Crippen LogP contribution in [0.5, 0.6) is 11.5 Å². The molecule has 1 aliphatic rings. The van der Waals surface area contributed by atoms with Crippen LogP contribution in [0.1, 0.15) is 61.5 Å². The molecule has 34 heavy (non-hydrogen) atoms. The maximum atomic E-state index is 12.6. The standard InChI is InChI=1S/C26H36N2O6/c1-26(2,16-32-3)24-12-17-11-23(34-10-8-6-5-7-9-27)22(33-4)13-18(17)20-14-21(29)19(25(30)31)15-28(20)24/h11,13-15,24H,5-10,12,16,27H2,1-4H3,(H,30,31). The minimum absolute atomic E-state index is 0.119. The molecule has 0 saturated carbocycles. The molecule has 8 nitrogen and oxygen atoms in total. The number of rotatable bonds is 12. The number of nitrogens with two attached hydrogens (primary N) is 1. The third-order valence-corrected chi connectivity index (χ3v) is 6.50. The zero-order valence-electron chi connectivity index (χ0n) is 20.6. The summed E-state index contributed by atoms with van der Waals surface area (Å²) in [6, 6.07) is 5.16. The second kappa shape index (κ2) is 11.1. The monoisotopic (exact) mass is 472 g/mol. The SMILES string of the molecule is COCC(C)(C)C1Cc2cc(OCCCCCCN)c(OC)cc2-c2cc(=O)c(C(=O)O)cn21. The highest BCUT2D eigenvalue weighted by molar-refractivity contribution is 5.88. The van der Waals surface area contributed by atoms with E-state index in [9.17, 15) is 14.7 Å². The lowest BCUT2D eigenvalue weighted by Gasteiger charge is -2.40. The molecular weight excluding hydrogens is 436 g/mol. The van der Waals surface area contributed by atoms with Gasteiger partial charge in [-0.1, -0.05) is 26.7 Å². The first kappa shape index (κ1) is 25.8. The number of nitrogens with zero attached hydrogens (tertiary/aromatic N) is 1. The van der Waals surface area contributed by atoms with Crippen LogP contribution in [0.2, 0.25) is 0 Å². The quantitative estimate of drug-likeness (QED) is 0.451. The molecule has 0 fully saturated rings. The maximum absolute atomic E-state index is 12.6. The molecule has 1 aromatic carbocycles. The molecule has 0 aliphatic carbocycles. The molecule has 1 aromatic heterocycles. The van der Waals surface area contributed by atoms with Crippen LogP contribution < -0.4 is 20.6 Å². The van der Waals surface area contributed by atoms with E-state index in [4.69, 9.17) is 19.9 Å². The Balaban J connectivity index is 2.03. The molecule has 1 unspecified atom stereocenters. The Hall–Kier alpha value is -2.84. The Morgan fingerprint density at radius 3 is 2.53 bits per heavy atom. The molecule has 2 aromatic rings. The van der Waals surface area contributed by atoms with E-state index in [0.29, 0.717) is 43.4 Å². The molecule has 0 radical (unpaired) electrons. The summed E-state index contributed by atoms with van der Waals surface area (Å²) in [5, 5.41) is 9.54. The second-order valence-corrected chi connectivity index (χ2v) is 9.50. The van der Waals surface area contributed by atoms with E-state index in [-0.39, 0.29) is 17.0 Å². The van der Waals surface area contributed by atoms with E-state index in [1.165, 1.54) is 12.3 Å². The molecule has 0 amide bonds. The second-order valence-electron chi connectivity index (χ2n) is 9.50. The number of hydrogen-bond acceptors (Lipinski definition) is 6. The van der Waals surface area contributed by atoms with Crippen molar-refractivity contribution in [1.29, 1.82) is 0 Å². The van der Waals surface area contributed by atoms with Crippen molar-refractivity contribution in [1.82, 2.24) is 4.57 Å². The Morgan fingerprint density at radius 1 is 1.15 bits per heavy atom. The average Bonchev–Trinajstić information content (AvgIpc) is 2.79. The summed E-state index contributed by atoms with van der Waals surface area (Å²) in [6.45, 7) is 5.92. The van der Waals surface area contributed by atoms with Crippen LogP contribution in [-0.4, -0.2) is 49.6 Å². The normalized spacial score (nSPS) is 14.9. The van der Waals surface area contributed by atoms with Crippen molar-refractivity contribution in [3.63, 3.8) is 0 Å². The minimum Gasteiger partial charge on any atom is -0.493 e. The largest absolute Gasteiger partial charge is 0.493 e. The van der Waals surface area contributed by atoms with Crippen molar-refractivity contribution in [3.05, 3.63) is 45.7 Å². The molecule has 3 N–H and O–H groups in total. The van der Waals surface area contributed by atoms with Crippen LogP contribution in [0.3, 0.4) is 0 Å². The van der Waals surface area contributed by atoms with Crippen molar-refractivity contribution in [3.8, 4) is 22.8 Å². The first-order valence-corrected chi connectivity index (χ1v) is 11.8. The van der Waals surface area contributed by atoms with Crippen LogP contribution in [0.25, 0.3) is 11.3 Å². The van der Waals surface area contributed by atoms with Gasteiger partial charge in [-0.05, 0) is 43.5 Å². The number of unbranched alkanes of at least 4 members (excludes halogenated alkanes) is 3.